The van der Waals surface area contributed by atoms with Crippen LogP contribution in [0.15, 0.2) is 24.3 Å². The maximum absolute atomic E-state index is 12.7. The van der Waals surface area contributed by atoms with E-state index in [1.807, 2.05) is 4.90 Å². The molecule has 7 heteroatoms. The standard InChI is InChI=1S/C20H26N2O5/c1-27-17-8-6-15(7-9-17)19(24)22-12-10-21(11-13-22)18(23)14-2-4-16(5-3-14)20(25)26/h6-9,14,16H,2-5,10-13H2,1H3,(H,25,26). The van der Waals surface area contributed by atoms with Crippen molar-refractivity contribution < 1.29 is 24.2 Å². The molecule has 0 aromatic heterocycles. The fourth-order valence-electron chi connectivity index (χ4n) is 3.89. The fourth-order valence-corrected chi connectivity index (χ4v) is 3.89. The second-order valence-corrected chi connectivity index (χ2v) is 7.23. The van der Waals surface area contributed by atoms with Crippen molar-refractivity contribution in [1.29, 1.82) is 0 Å². The number of hydrogen-bond acceptors (Lipinski definition) is 4. The smallest absolute Gasteiger partial charge is 0.306 e. The number of hydrogen-bond donors (Lipinski definition) is 1. The van der Waals surface area contributed by atoms with Gasteiger partial charge in [-0.25, -0.2) is 0 Å². The SMILES string of the molecule is COc1ccc(C(=O)N2CCN(C(=O)C3CCC(C(=O)O)CC3)CC2)cc1. The number of nitrogens with zero attached hydrogens (tertiary/aromatic N) is 2. The van der Waals surface area contributed by atoms with Gasteiger partial charge in [-0.15, -0.1) is 0 Å². The molecular weight excluding hydrogens is 348 g/mol. The third-order valence-electron chi connectivity index (χ3n) is 5.64. The largest absolute Gasteiger partial charge is 0.497 e. The molecule has 1 aliphatic heterocycles. The Morgan fingerprint density at radius 3 is 1.93 bits per heavy atom. The van der Waals surface area contributed by atoms with Gasteiger partial charge in [0.1, 0.15) is 5.75 Å². The lowest BCUT2D eigenvalue weighted by Gasteiger charge is -2.37. The van der Waals surface area contributed by atoms with Crippen LogP contribution in [0.25, 0.3) is 0 Å². The highest BCUT2D eigenvalue weighted by Gasteiger charge is 2.33. The number of benzene rings is 1. The first kappa shape index (κ1) is 19.2. The average Bonchev–Trinajstić information content (AvgIpc) is 2.73. The fraction of sp³-hybridized carbons (Fsp3) is 0.550. The first-order chi connectivity index (χ1) is 13.0. The minimum Gasteiger partial charge on any atom is -0.497 e. The van der Waals surface area contributed by atoms with Crippen LogP contribution in [0.3, 0.4) is 0 Å². The van der Waals surface area contributed by atoms with Gasteiger partial charge in [-0.3, -0.25) is 14.4 Å². The van der Waals surface area contributed by atoms with E-state index in [1.165, 1.54) is 0 Å². The summed E-state index contributed by atoms with van der Waals surface area (Å²) in [5.41, 5.74) is 0.613. The Labute approximate surface area is 158 Å². The second-order valence-electron chi connectivity index (χ2n) is 7.23. The Balaban J connectivity index is 1.50. The number of carbonyl (C=O) groups is 3. The molecule has 7 nitrogen and oxygen atoms in total. The second kappa shape index (κ2) is 8.41. The lowest BCUT2D eigenvalue weighted by molar-refractivity contribution is -0.146. The quantitative estimate of drug-likeness (QED) is 0.869. The van der Waals surface area contributed by atoms with E-state index in [0.717, 1.165) is 0 Å². The number of methoxy groups -OCH3 is 1. The number of ether oxygens (including phenoxy) is 1. The van der Waals surface area contributed by atoms with E-state index < -0.39 is 5.97 Å². The van der Waals surface area contributed by atoms with Gasteiger partial charge in [-0.1, -0.05) is 0 Å². The highest BCUT2D eigenvalue weighted by molar-refractivity contribution is 5.94. The molecule has 1 aliphatic carbocycles. The van der Waals surface area contributed by atoms with E-state index in [-0.39, 0.29) is 23.7 Å². The maximum Gasteiger partial charge on any atom is 0.306 e. The monoisotopic (exact) mass is 374 g/mol. The van der Waals surface area contributed by atoms with Crippen molar-refractivity contribution in [3.05, 3.63) is 29.8 Å². The number of aliphatic carboxylic acids is 1. The van der Waals surface area contributed by atoms with Crippen molar-refractivity contribution in [3.8, 4) is 5.75 Å². The summed E-state index contributed by atoms with van der Waals surface area (Å²) in [6.07, 6.45) is 2.42. The third-order valence-corrected chi connectivity index (χ3v) is 5.64. The van der Waals surface area contributed by atoms with Crippen LogP contribution in [-0.4, -0.2) is 66.0 Å². The summed E-state index contributed by atoms with van der Waals surface area (Å²) in [6.45, 7) is 2.08. The van der Waals surface area contributed by atoms with Crippen molar-refractivity contribution in [3.63, 3.8) is 0 Å². The van der Waals surface area contributed by atoms with Crippen LogP contribution >= 0.6 is 0 Å². The zero-order valence-electron chi connectivity index (χ0n) is 15.6. The van der Waals surface area contributed by atoms with E-state index in [2.05, 4.69) is 0 Å². The third kappa shape index (κ3) is 4.40. The molecule has 0 atom stereocenters. The summed E-state index contributed by atoms with van der Waals surface area (Å²) in [6, 6.07) is 7.03. The van der Waals surface area contributed by atoms with Gasteiger partial charge in [-0.2, -0.15) is 0 Å². The van der Waals surface area contributed by atoms with Crippen LogP contribution in [-0.2, 0) is 9.59 Å². The van der Waals surface area contributed by atoms with Crippen LogP contribution in [0.5, 0.6) is 5.75 Å². The summed E-state index contributed by atoms with van der Waals surface area (Å²) >= 11 is 0. The Kier molecular flexibility index (Phi) is 5.98. The van der Waals surface area contributed by atoms with Gasteiger partial charge in [0.05, 0.1) is 13.0 Å². The summed E-state index contributed by atoms with van der Waals surface area (Å²) in [7, 11) is 1.58. The molecule has 1 saturated carbocycles. The molecule has 0 spiro atoms. The molecule has 1 N–H and O–H groups in total. The van der Waals surface area contributed by atoms with Gasteiger partial charge >= 0.3 is 5.97 Å². The first-order valence-corrected chi connectivity index (χ1v) is 9.44. The predicted octanol–water partition coefficient (Wildman–Crippen LogP) is 1.87. The molecule has 146 valence electrons. The lowest BCUT2D eigenvalue weighted by Crippen LogP contribution is -2.52. The van der Waals surface area contributed by atoms with E-state index in [9.17, 15) is 14.4 Å². The normalized spacial score (nSPS) is 23.0. The lowest BCUT2D eigenvalue weighted by atomic mass is 9.81. The number of carboxylic acids is 1. The molecular formula is C20H26N2O5. The number of carbonyl (C=O) groups excluding carboxylic acids is 2. The number of rotatable bonds is 4. The maximum atomic E-state index is 12.7. The van der Waals surface area contributed by atoms with E-state index >= 15 is 0 Å². The van der Waals surface area contributed by atoms with Crippen molar-refractivity contribution in [1.82, 2.24) is 9.80 Å². The van der Waals surface area contributed by atoms with Crippen LogP contribution < -0.4 is 4.74 Å². The van der Waals surface area contributed by atoms with Gasteiger partial charge in [0.25, 0.3) is 5.91 Å². The molecule has 2 aliphatic rings. The predicted molar refractivity (Wildman–Crippen MR) is 98.6 cm³/mol. The Bertz CT molecular complexity index is 687. The molecule has 1 saturated heterocycles. The minimum atomic E-state index is -0.758. The first-order valence-electron chi connectivity index (χ1n) is 9.44. The summed E-state index contributed by atoms with van der Waals surface area (Å²) < 4.78 is 5.11. The summed E-state index contributed by atoms with van der Waals surface area (Å²) in [5, 5.41) is 9.08. The van der Waals surface area contributed by atoms with E-state index in [1.54, 1.807) is 36.3 Å². The molecule has 3 rings (SSSR count). The molecule has 2 amide bonds. The van der Waals surface area contributed by atoms with Crippen LogP contribution in [0.1, 0.15) is 36.0 Å². The molecule has 1 aromatic carbocycles. The number of piperazine rings is 1. The van der Waals surface area contributed by atoms with Gasteiger partial charge < -0.3 is 19.6 Å². The van der Waals surface area contributed by atoms with E-state index in [0.29, 0.717) is 63.2 Å². The topological polar surface area (TPSA) is 87.2 Å². The Morgan fingerprint density at radius 2 is 1.41 bits per heavy atom. The molecule has 0 unspecified atom stereocenters. The summed E-state index contributed by atoms with van der Waals surface area (Å²) in [4.78, 5) is 40.0. The zero-order chi connectivity index (χ0) is 19.4. The Hall–Kier alpha value is -2.57. The molecule has 27 heavy (non-hydrogen) atoms. The van der Waals surface area contributed by atoms with Gasteiger partial charge in [0, 0.05) is 37.7 Å². The molecule has 2 fully saturated rings. The van der Waals surface area contributed by atoms with E-state index in [4.69, 9.17) is 9.84 Å². The zero-order valence-corrected chi connectivity index (χ0v) is 15.6. The van der Waals surface area contributed by atoms with Gasteiger partial charge in [0.2, 0.25) is 5.91 Å². The Morgan fingerprint density at radius 1 is 0.889 bits per heavy atom. The molecule has 1 aromatic rings. The highest BCUT2D eigenvalue weighted by Crippen LogP contribution is 2.30. The van der Waals surface area contributed by atoms with Crippen LogP contribution in [0.2, 0.25) is 0 Å². The highest BCUT2D eigenvalue weighted by atomic mass is 16.5. The van der Waals surface area contributed by atoms with Crippen molar-refractivity contribution in [2.24, 2.45) is 11.8 Å². The van der Waals surface area contributed by atoms with Crippen LogP contribution in [0, 0.1) is 11.8 Å². The van der Waals surface area contributed by atoms with Crippen molar-refractivity contribution in [2.75, 3.05) is 33.3 Å². The van der Waals surface area contributed by atoms with Crippen molar-refractivity contribution >= 4 is 17.8 Å². The summed E-state index contributed by atoms with van der Waals surface area (Å²) in [5.74, 6) is -0.370. The van der Waals surface area contributed by atoms with Crippen molar-refractivity contribution in [2.45, 2.75) is 25.7 Å². The molecule has 0 bridgehead atoms. The number of carboxylic acid groups (broad SMARTS) is 1. The molecule has 0 radical (unpaired) electrons. The average molecular weight is 374 g/mol. The minimum absolute atomic E-state index is 0.0354. The van der Waals surface area contributed by atoms with Gasteiger partial charge in [-0.05, 0) is 49.9 Å². The number of amides is 2. The molecule has 1 heterocycles. The van der Waals surface area contributed by atoms with Crippen LogP contribution in [0.4, 0.5) is 0 Å². The van der Waals surface area contributed by atoms with Gasteiger partial charge in [0.15, 0.2) is 0 Å².